The Morgan fingerprint density at radius 1 is 1.64 bits per heavy atom. The van der Waals surface area contributed by atoms with Crippen molar-refractivity contribution in [3.63, 3.8) is 0 Å². The molecular weight excluding hydrogens is 156 g/mol. The smallest absolute Gasteiger partial charge is 0.0986 e. The van der Waals surface area contributed by atoms with E-state index in [-0.39, 0.29) is 0 Å². The van der Waals surface area contributed by atoms with Gasteiger partial charge in [0.2, 0.25) is 0 Å². The minimum atomic E-state index is 0.404. The maximum absolute atomic E-state index is 5.48. The Morgan fingerprint density at radius 3 is 3.00 bits per heavy atom. The molecular formula is C9H16OS. The monoisotopic (exact) mass is 172 g/mol. The van der Waals surface area contributed by atoms with Crippen LogP contribution in [0.4, 0.5) is 0 Å². The molecule has 2 unspecified atom stereocenters. The van der Waals surface area contributed by atoms with Crippen molar-refractivity contribution in [1.82, 2.24) is 0 Å². The minimum absolute atomic E-state index is 0.404. The second-order valence-corrected chi connectivity index (χ2v) is 4.08. The largest absolute Gasteiger partial charge is 0.498 e. The Hall–Kier alpha value is -0.110. The fourth-order valence-electron chi connectivity index (χ4n) is 1.24. The molecule has 0 radical (unpaired) electrons. The molecule has 0 N–H and O–H groups in total. The first-order valence-corrected chi connectivity index (χ1v) is 5.34. The van der Waals surface area contributed by atoms with Gasteiger partial charge in [0.25, 0.3) is 0 Å². The van der Waals surface area contributed by atoms with E-state index in [0.717, 1.165) is 5.92 Å². The zero-order valence-corrected chi connectivity index (χ0v) is 8.06. The zero-order valence-electron chi connectivity index (χ0n) is 7.25. The standard InChI is InChI=1S/C9H16OS/c1-3-5-10-8(2)9-4-6-11-7-9/h3,5,8-9H,4,6-7H2,1-2H3/b5-3+. The van der Waals surface area contributed by atoms with E-state index in [4.69, 9.17) is 4.74 Å². The zero-order chi connectivity index (χ0) is 8.10. The second-order valence-electron chi connectivity index (χ2n) is 2.93. The van der Waals surface area contributed by atoms with E-state index in [1.807, 2.05) is 24.8 Å². The molecule has 0 saturated carbocycles. The average molecular weight is 172 g/mol. The lowest BCUT2D eigenvalue weighted by molar-refractivity contribution is 0.113. The second kappa shape index (κ2) is 4.70. The van der Waals surface area contributed by atoms with Gasteiger partial charge in [-0.1, -0.05) is 6.08 Å². The Kier molecular flexibility index (Phi) is 3.84. The van der Waals surface area contributed by atoms with Crippen LogP contribution < -0.4 is 0 Å². The van der Waals surface area contributed by atoms with Crippen molar-refractivity contribution in [2.24, 2.45) is 5.92 Å². The van der Waals surface area contributed by atoms with E-state index in [1.54, 1.807) is 6.26 Å². The van der Waals surface area contributed by atoms with Crippen LogP contribution in [0.2, 0.25) is 0 Å². The summed E-state index contributed by atoms with van der Waals surface area (Å²) in [6, 6.07) is 0. The van der Waals surface area contributed by atoms with Crippen LogP contribution in [0.25, 0.3) is 0 Å². The highest BCUT2D eigenvalue weighted by Gasteiger charge is 2.22. The predicted molar refractivity (Wildman–Crippen MR) is 50.8 cm³/mol. The van der Waals surface area contributed by atoms with E-state index >= 15 is 0 Å². The van der Waals surface area contributed by atoms with Crippen LogP contribution in [0.3, 0.4) is 0 Å². The van der Waals surface area contributed by atoms with Gasteiger partial charge in [-0.2, -0.15) is 11.8 Å². The maximum Gasteiger partial charge on any atom is 0.0986 e. The molecule has 2 heteroatoms. The van der Waals surface area contributed by atoms with Crippen molar-refractivity contribution >= 4 is 11.8 Å². The summed E-state index contributed by atoms with van der Waals surface area (Å²) in [7, 11) is 0. The number of rotatable bonds is 3. The van der Waals surface area contributed by atoms with Crippen molar-refractivity contribution in [3.8, 4) is 0 Å². The van der Waals surface area contributed by atoms with Crippen LogP contribution in [-0.2, 0) is 4.74 Å². The summed E-state index contributed by atoms with van der Waals surface area (Å²) in [4.78, 5) is 0. The minimum Gasteiger partial charge on any atom is -0.498 e. The summed E-state index contributed by atoms with van der Waals surface area (Å²) < 4.78 is 5.48. The molecule has 0 spiro atoms. The molecule has 0 bridgehead atoms. The molecule has 1 nitrogen and oxygen atoms in total. The van der Waals surface area contributed by atoms with Crippen LogP contribution in [0.1, 0.15) is 20.3 Å². The number of hydrogen-bond acceptors (Lipinski definition) is 2. The third kappa shape index (κ3) is 2.78. The van der Waals surface area contributed by atoms with Gasteiger partial charge in [-0.25, -0.2) is 0 Å². The number of hydrogen-bond donors (Lipinski definition) is 0. The van der Waals surface area contributed by atoms with Gasteiger partial charge in [0.1, 0.15) is 0 Å². The Bertz CT molecular complexity index is 128. The molecule has 1 rings (SSSR count). The third-order valence-corrected chi connectivity index (χ3v) is 3.25. The first-order valence-electron chi connectivity index (χ1n) is 4.19. The molecule has 0 aromatic heterocycles. The highest BCUT2D eigenvalue weighted by atomic mass is 32.2. The Labute approximate surface area is 73.2 Å². The Balaban J connectivity index is 2.22. The van der Waals surface area contributed by atoms with Crippen molar-refractivity contribution in [1.29, 1.82) is 0 Å². The van der Waals surface area contributed by atoms with E-state index in [0.29, 0.717) is 6.10 Å². The summed E-state index contributed by atoms with van der Waals surface area (Å²) in [6.07, 6.45) is 5.47. The lowest BCUT2D eigenvalue weighted by Gasteiger charge is -2.17. The van der Waals surface area contributed by atoms with E-state index < -0.39 is 0 Å². The van der Waals surface area contributed by atoms with Crippen LogP contribution in [0.5, 0.6) is 0 Å². The van der Waals surface area contributed by atoms with E-state index in [1.165, 1.54) is 17.9 Å². The Morgan fingerprint density at radius 2 is 2.45 bits per heavy atom. The van der Waals surface area contributed by atoms with Crippen molar-refractivity contribution < 1.29 is 4.74 Å². The summed E-state index contributed by atoms with van der Waals surface area (Å²) in [6.45, 7) is 4.15. The molecule has 0 amide bonds. The third-order valence-electron chi connectivity index (χ3n) is 2.06. The summed E-state index contributed by atoms with van der Waals surface area (Å²) >= 11 is 2.04. The topological polar surface area (TPSA) is 9.23 Å². The highest BCUT2D eigenvalue weighted by molar-refractivity contribution is 7.99. The van der Waals surface area contributed by atoms with Gasteiger partial charge in [0, 0.05) is 5.92 Å². The number of allylic oxidation sites excluding steroid dienone is 1. The lowest BCUT2D eigenvalue weighted by Crippen LogP contribution is -2.17. The average Bonchev–Trinajstić information content (AvgIpc) is 2.52. The molecule has 2 atom stereocenters. The summed E-state index contributed by atoms with van der Waals surface area (Å²) in [5.41, 5.74) is 0. The van der Waals surface area contributed by atoms with Crippen molar-refractivity contribution in [2.75, 3.05) is 11.5 Å². The van der Waals surface area contributed by atoms with Gasteiger partial charge in [-0.15, -0.1) is 0 Å². The van der Waals surface area contributed by atoms with Crippen LogP contribution >= 0.6 is 11.8 Å². The number of thioether (sulfide) groups is 1. The fourth-order valence-corrected chi connectivity index (χ4v) is 2.61. The number of ether oxygens (including phenoxy) is 1. The quantitative estimate of drug-likeness (QED) is 0.605. The molecule has 1 aliphatic rings. The van der Waals surface area contributed by atoms with Crippen LogP contribution in [0, 0.1) is 5.92 Å². The molecule has 0 aliphatic carbocycles. The molecule has 0 aromatic carbocycles. The van der Waals surface area contributed by atoms with Crippen molar-refractivity contribution in [3.05, 3.63) is 12.3 Å². The van der Waals surface area contributed by atoms with Crippen LogP contribution in [-0.4, -0.2) is 17.6 Å². The predicted octanol–water partition coefficient (Wildman–Crippen LogP) is 2.68. The fraction of sp³-hybridized carbons (Fsp3) is 0.778. The van der Waals surface area contributed by atoms with Gasteiger partial charge < -0.3 is 4.74 Å². The van der Waals surface area contributed by atoms with Gasteiger partial charge in [0.15, 0.2) is 0 Å². The van der Waals surface area contributed by atoms with E-state index in [9.17, 15) is 0 Å². The maximum atomic E-state index is 5.48. The van der Waals surface area contributed by atoms with Gasteiger partial charge >= 0.3 is 0 Å². The molecule has 1 aliphatic heterocycles. The lowest BCUT2D eigenvalue weighted by atomic mass is 10.0. The highest BCUT2D eigenvalue weighted by Crippen LogP contribution is 2.27. The molecule has 1 heterocycles. The SMILES string of the molecule is C/C=C/OC(C)C1CCSC1. The van der Waals surface area contributed by atoms with E-state index in [2.05, 4.69) is 6.92 Å². The van der Waals surface area contributed by atoms with Crippen LogP contribution in [0.15, 0.2) is 12.3 Å². The molecule has 1 saturated heterocycles. The summed E-state index contributed by atoms with van der Waals surface area (Å²) in [5, 5.41) is 0. The summed E-state index contributed by atoms with van der Waals surface area (Å²) in [5.74, 6) is 3.36. The first kappa shape index (κ1) is 8.98. The van der Waals surface area contributed by atoms with Crippen molar-refractivity contribution in [2.45, 2.75) is 26.4 Å². The molecule has 64 valence electrons. The molecule has 1 fully saturated rings. The molecule has 11 heavy (non-hydrogen) atoms. The normalized spacial score (nSPS) is 27.6. The van der Waals surface area contributed by atoms with Gasteiger partial charge in [-0.3, -0.25) is 0 Å². The van der Waals surface area contributed by atoms with Gasteiger partial charge in [-0.05, 0) is 31.8 Å². The molecule has 0 aromatic rings. The van der Waals surface area contributed by atoms with Gasteiger partial charge in [0.05, 0.1) is 12.4 Å². The first-order chi connectivity index (χ1) is 5.34.